The molecule has 1 unspecified atom stereocenters. The average Bonchev–Trinajstić information content (AvgIpc) is 4.05. The van der Waals surface area contributed by atoms with Crippen LogP contribution in [-0.4, -0.2) is 27.0 Å². The first-order valence-corrected chi connectivity index (χ1v) is 22.2. The van der Waals surface area contributed by atoms with Gasteiger partial charge < -0.3 is 4.90 Å². The Hall–Kier alpha value is -8.54. The van der Waals surface area contributed by atoms with Crippen molar-refractivity contribution in [2.45, 2.75) is 11.6 Å². The maximum absolute atomic E-state index is 9.44. The third-order valence-corrected chi connectivity index (χ3v) is 13.7. The van der Waals surface area contributed by atoms with Crippen LogP contribution in [0.1, 0.15) is 39.1 Å². The Labute approximate surface area is 378 Å². The van der Waals surface area contributed by atoms with Crippen LogP contribution in [0.5, 0.6) is 0 Å². The predicted molar refractivity (Wildman–Crippen MR) is 264 cm³/mol. The molecule has 0 saturated carbocycles. The molecule has 306 valence electrons. The van der Waals surface area contributed by atoms with E-state index in [-0.39, 0.29) is 6.17 Å². The summed E-state index contributed by atoms with van der Waals surface area (Å²) in [5.74, 6) is 0.475. The number of hydrogen-bond acceptors (Lipinski definition) is 4. The molecule has 1 fully saturated rings. The van der Waals surface area contributed by atoms with Gasteiger partial charge in [0.25, 0.3) is 0 Å². The van der Waals surface area contributed by atoms with Crippen LogP contribution in [0.25, 0.3) is 44.5 Å². The molecule has 1 aromatic heterocycles. The molecule has 8 aromatic carbocycles. The average molecular weight is 832 g/mol. The molecule has 0 bridgehead atoms. The van der Waals surface area contributed by atoms with E-state index in [1.54, 1.807) is 0 Å². The summed E-state index contributed by atoms with van der Waals surface area (Å²) in [4.78, 5) is 7.65. The Morgan fingerprint density at radius 1 is 0.477 bits per heavy atom. The van der Waals surface area contributed by atoms with Crippen molar-refractivity contribution < 1.29 is 0 Å². The van der Waals surface area contributed by atoms with Crippen molar-refractivity contribution in [3.05, 3.63) is 276 Å². The van der Waals surface area contributed by atoms with Gasteiger partial charge in [0, 0.05) is 40.4 Å². The third kappa shape index (κ3) is 5.65. The number of rotatable bonds is 6. The predicted octanol–water partition coefficient (Wildman–Crippen LogP) is 13.9. The molecular formula is C60H41N5. The second-order valence-corrected chi connectivity index (χ2v) is 17.1. The zero-order chi connectivity index (χ0) is 43.1. The Bertz CT molecular complexity index is 3360. The van der Waals surface area contributed by atoms with Gasteiger partial charge in [-0.2, -0.15) is 0 Å². The standard InChI is InChI=1S/C60H41N5/c61-58(65-59-51(42-18-6-2-7-19-42)37-47(39-63(59)65)40-16-4-1-5-17-40)43-31-29-41(30-32-43)44-20-14-21-45(36-44)46-33-34-49-50-24-15-35-62-57(50)60(54(49)38-46)52-25-10-12-27-55(52)64(48-22-8-3-9-23-48)56-28-13-11-26-53(56)60/h1-39,59,61H. The van der Waals surface area contributed by atoms with Crippen LogP contribution >= 0.6 is 0 Å². The molecule has 13 rings (SSSR count). The van der Waals surface area contributed by atoms with E-state index in [4.69, 9.17) is 4.98 Å². The number of aromatic nitrogens is 1. The highest BCUT2D eigenvalue weighted by Gasteiger charge is 2.53. The number of benzene rings is 8. The molecule has 5 heteroatoms. The molecule has 1 aliphatic carbocycles. The fraction of sp³-hybridized carbons (Fsp3) is 0.0333. The van der Waals surface area contributed by atoms with Crippen LogP contribution < -0.4 is 4.90 Å². The van der Waals surface area contributed by atoms with Crippen molar-refractivity contribution in [1.29, 1.82) is 5.41 Å². The lowest BCUT2D eigenvalue weighted by molar-refractivity contribution is 0.524. The molecule has 1 saturated heterocycles. The smallest absolute Gasteiger partial charge is 0.168 e. The number of allylic oxidation sites excluding steroid dienone is 2. The largest absolute Gasteiger partial charge is 0.310 e. The first-order valence-electron chi connectivity index (χ1n) is 22.2. The second-order valence-electron chi connectivity index (χ2n) is 17.1. The van der Waals surface area contributed by atoms with Gasteiger partial charge >= 0.3 is 0 Å². The highest BCUT2D eigenvalue weighted by molar-refractivity contribution is 6.02. The minimum absolute atomic E-state index is 0.0258. The number of anilines is 3. The first kappa shape index (κ1) is 37.1. The quantitative estimate of drug-likeness (QED) is 0.103. The van der Waals surface area contributed by atoms with Crippen molar-refractivity contribution in [2.75, 3.05) is 4.90 Å². The van der Waals surface area contributed by atoms with Gasteiger partial charge in [-0.1, -0.05) is 176 Å². The second kappa shape index (κ2) is 14.5. The molecule has 3 aliphatic heterocycles. The van der Waals surface area contributed by atoms with Gasteiger partial charge in [-0.05, 0) is 104 Å². The van der Waals surface area contributed by atoms with Gasteiger partial charge in [-0.3, -0.25) is 15.4 Å². The third-order valence-electron chi connectivity index (χ3n) is 13.7. The molecule has 5 nitrogen and oxygen atoms in total. The molecule has 4 heterocycles. The number of para-hydroxylation sites is 3. The lowest BCUT2D eigenvalue weighted by atomic mass is 9.66. The van der Waals surface area contributed by atoms with E-state index in [0.29, 0.717) is 5.84 Å². The number of hydrazine groups is 1. The van der Waals surface area contributed by atoms with E-state index < -0.39 is 5.41 Å². The molecule has 65 heavy (non-hydrogen) atoms. The molecule has 0 amide bonds. The summed E-state index contributed by atoms with van der Waals surface area (Å²) in [7, 11) is 0. The summed E-state index contributed by atoms with van der Waals surface area (Å²) in [6.45, 7) is 0. The zero-order valence-corrected chi connectivity index (χ0v) is 35.4. The number of amidine groups is 1. The Balaban J connectivity index is 0.854. The lowest BCUT2D eigenvalue weighted by Gasteiger charge is -2.44. The lowest BCUT2D eigenvalue weighted by Crippen LogP contribution is -2.36. The molecule has 1 spiro atoms. The van der Waals surface area contributed by atoms with E-state index >= 15 is 0 Å². The Kier molecular flexibility index (Phi) is 8.27. The van der Waals surface area contributed by atoms with Gasteiger partial charge in [-0.15, -0.1) is 0 Å². The molecule has 1 N–H and O–H groups in total. The minimum Gasteiger partial charge on any atom is -0.310 e. The van der Waals surface area contributed by atoms with Crippen molar-refractivity contribution in [1.82, 2.24) is 15.0 Å². The Morgan fingerprint density at radius 2 is 1.06 bits per heavy atom. The number of hydrogen-bond donors (Lipinski definition) is 1. The monoisotopic (exact) mass is 831 g/mol. The summed E-state index contributed by atoms with van der Waals surface area (Å²) >= 11 is 0. The van der Waals surface area contributed by atoms with E-state index in [1.807, 2.05) is 12.3 Å². The molecular weight excluding hydrogens is 791 g/mol. The van der Waals surface area contributed by atoms with Crippen molar-refractivity contribution in [2.24, 2.45) is 0 Å². The summed E-state index contributed by atoms with van der Waals surface area (Å²) in [6.07, 6.45) is 6.37. The topological polar surface area (TPSA) is 46.0 Å². The Morgan fingerprint density at radius 3 is 1.77 bits per heavy atom. The highest BCUT2D eigenvalue weighted by atomic mass is 15.9. The van der Waals surface area contributed by atoms with Gasteiger partial charge in [-0.25, -0.2) is 5.01 Å². The van der Waals surface area contributed by atoms with Crippen LogP contribution in [0, 0.1) is 5.41 Å². The summed E-state index contributed by atoms with van der Waals surface area (Å²) in [6, 6.07) is 78.1. The summed E-state index contributed by atoms with van der Waals surface area (Å²) in [5, 5.41) is 13.7. The van der Waals surface area contributed by atoms with Crippen LogP contribution in [0.3, 0.4) is 0 Å². The van der Waals surface area contributed by atoms with E-state index in [2.05, 4.69) is 240 Å². The van der Waals surface area contributed by atoms with Gasteiger partial charge in [0.1, 0.15) is 5.84 Å². The van der Waals surface area contributed by atoms with E-state index in [1.165, 1.54) is 33.4 Å². The minimum atomic E-state index is -0.624. The van der Waals surface area contributed by atoms with Crippen LogP contribution in [-0.2, 0) is 5.41 Å². The van der Waals surface area contributed by atoms with Gasteiger partial charge in [0.05, 0.1) is 22.5 Å². The van der Waals surface area contributed by atoms with Crippen molar-refractivity contribution in [3.8, 4) is 33.4 Å². The fourth-order valence-corrected chi connectivity index (χ4v) is 10.7. The zero-order valence-electron chi connectivity index (χ0n) is 35.4. The van der Waals surface area contributed by atoms with Crippen molar-refractivity contribution in [3.63, 3.8) is 0 Å². The summed E-state index contributed by atoms with van der Waals surface area (Å²) < 4.78 is 0. The molecule has 0 radical (unpaired) electrons. The van der Waals surface area contributed by atoms with Crippen LogP contribution in [0.15, 0.2) is 237 Å². The maximum Gasteiger partial charge on any atom is 0.168 e. The number of nitrogens with one attached hydrogen (secondary N) is 1. The first-order chi connectivity index (χ1) is 32.2. The van der Waals surface area contributed by atoms with Crippen LogP contribution in [0.4, 0.5) is 17.1 Å². The molecule has 1 atom stereocenters. The summed E-state index contributed by atoms with van der Waals surface area (Å²) in [5.41, 5.74) is 20.0. The van der Waals surface area contributed by atoms with E-state index in [0.717, 1.165) is 67.3 Å². The number of nitrogens with zero attached hydrogens (tertiary/aromatic N) is 4. The van der Waals surface area contributed by atoms with E-state index in [9.17, 15) is 5.41 Å². The highest BCUT2D eigenvalue weighted by Crippen LogP contribution is 2.63. The van der Waals surface area contributed by atoms with Crippen LogP contribution in [0.2, 0.25) is 0 Å². The van der Waals surface area contributed by atoms with Gasteiger partial charge in [0.2, 0.25) is 0 Å². The maximum atomic E-state index is 9.44. The number of fused-ring (bicyclic) bond motifs is 10. The number of pyridine rings is 1. The SMILES string of the molecule is N=C(c1ccc(-c2cccc(-c3ccc4c(c3)C3(c5ccccc5N(c5ccccc5)c5ccccc53)c3ncccc3-4)c2)cc1)N1C2C(c3ccccc3)=CC(c3ccccc3)=CN21. The molecule has 9 aromatic rings. The fourth-order valence-electron chi connectivity index (χ4n) is 10.7. The molecule has 4 aliphatic rings. The van der Waals surface area contributed by atoms with Crippen molar-refractivity contribution >= 4 is 34.0 Å². The normalized spacial score (nSPS) is 15.8. The van der Waals surface area contributed by atoms with Gasteiger partial charge in [0.15, 0.2) is 6.17 Å².